The van der Waals surface area contributed by atoms with Crippen molar-refractivity contribution >= 4 is 24.9 Å². The highest BCUT2D eigenvalue weighted by Gasteiger charge is 2.06. The minimum atomic E-state index is -3.20. The number of nitrogens with one attached hydrogen (secondary N) is 1. The lowest BCUT2D eigenvalue weighted by Crippen LogP contribution is -2.12. The lowest BCUT2D eigenvalue weighted by molar-refractivity contribution is 0.580. The highest BCUT2D eigenvalue weighted by Crippen LogP contribution is 2.27. The summed E-state index contributed by atoms with van der Waals surface area (Å²) in [6.07, 6.45) is 0. The summed E-state index contributed by atoms with van der Waals surface area (Å²) in [4.78, 5) is 0. The Balaban J connectivity index is 2.78. The van der Waals surface area contributed by atoms with Crippen LogP contribution in [-0.2, 0) is 4.57 Å². The number of nitrogens with two attached hydrogens (primary N) is 2. The molecule has 0 spiro atoms. The van der Waals surface area contributed by atoms with Gasteiger partial charge in [0, 0.05) is 10.7 Å². The topological polar surface area (TPSA) is 81.1 Å². The van der Waals surface area contributed by atoms with Crippen LogP contribution in [0.15, 0.2) is 24.3 Å². The molecule has 1 aromatic rings. The van der Waals surface area contributed by atoms with Crippen LogP contribution in [0.25, 0.3) is 0 Å². The Morgan fingerprint density at radius 3 is 2.17 bits per heavy atom. The Hall–Kier alpha value is -0.540. The van der Waals surface area contributed by atoms with Gasteiger partial charge in [0.25, 0.3) is 7.59 Å². The van der Waals surface area contributed by atoms with Gasteiger partial charge in [-0.3, -0.25) is 15.6 Å². The summed E-state index contributed by atoms with van der Waals surface area (Å²) in [5.74, 6) is 0. The van der Waals surface area contributed by atoms with E-state index in [9.17, 15) is 4.57 Å². The van der Waals surface area contributed by atoms with E-state index >= 15 is 0 Å². The van der Waals surface area contributed by atoms with Crippen LogP contribution >= 0.6 is 19.2 Å². The maximum absolute atomic E-state index is 10.9. The van der Waals surface area contributed by atoms with Gasteiger partial charge in [-0.25, -0.2) is 0 Å². The lowest BCUT2D eigenvalue weighted by atomic mass is 10.3. The van der Waals surface area contributed by atoms with Gasteiger partial charge in [-0.15, -0.1) is 0 Å². The molecule has 12 heavy (non-hydrogen) atoms. The molecule has 0 heterocycles. The SMILES string of the molecule is NP(N)(=O)Nc1ccc(Cl)cc1. The van der Waals surface area contributed by atoms with E-state index in [1.165, 1.54) is 0 Å². The summed E-state index contributed by atoms with van der Waals surface area (Å²) >= 11 is 5.62. The second-order valence-electron chi connectivity index (χ2n) is 2.33. The zero-order chi connectivity index (χ0) is 9.19. The molecule has 0 fully saturated rings. The molecule has 6 heteroatoms. The lowest BCUT2D eigenvalue weighted by Gasteiger charge is -2.09. The monoisotopic (exact) mass is 205 g/mol. The predicted molar refractivity (Wildman–Crippen MR) is 51.1 cm³/mol. The molecule has 0 saturated carbocycles. The normalized spacial score (nSPS) is 11.2. The number of rotatable bonds is 2. The maximum atomic E-state index is 10.9. The number of benzene rings is 1. The fourth-order valence-corrected chi connectivity index (χ4v) is 1.40. The number of hydrogen-bond donors (Lipinski definition) is 3. The van der Waals surface area contributed by atoms with Crippen molar-refractivity contribution in [3.8, 4) is 0 Å². The largest absolute Gasteiger partial charge is 0.313 e. The molecule has 0 aliphatic carbocycles. The van der Waals surface area contributed by atoms with Crippen LogP contribution in [0, 0.1) is 0 Å². The van der Waals surface area contributed by atoms with Crippen molar-refractivity contribution in [2.24, 2.45) is 11.0 Å². The molecular formula is C6H9ClN3OP. The quantitative estimate of drug-likeness (QED) is 0.643. The highest BCUT2D eigenvalue weighted by atomic mass is 35.5. The van der Waals surface area contributed by atoms with E-state index in [2.05, 4.69) is 5.09 Å². The molecule has 0 amide bonds. The molecular weight excluding hydrogens is 197 g/mol. The Kier molecular flexibility index (Phi) is 2.75. The first-order valence-electron chi connectivity index (χ1n) is 3.18. The van der Waals surface area contributed by atoms with E-state index in [0.717, 1.165) is 0 Å². The van der Waals surface area contributed by atoms with Gasteiger partial charge in [0.05, 0.1) is 0 Å². The highest BCUT2D eigenvalue weighted by molar-refractivity contribution is 7.60. The van der Waals surface area contributed by atoms with Crippen molar-refractivity contribution in [3.63, 3.8) is 0 Å². The van der Waals surface area contributed by atoms with Crippen LogP contribution in [0.4, 0.5) is 5.69 Å². The molecule has 0 aliphatic rings. The molecule has 1 aromatic carbocycles. The van der Waals surface area contributed by atoms with Crippen molar-refractivity contribution in [2.45, 2.75) is 0 Å². The maximum Gasteiger partial charge on any atom is 0.298 e. The van der Waals surface area contributed by atoms with Crippen molar-refractivity contribution in [1.29, 1.82) is 0 Å². The van der Waals surface area contributed by atoms with E-state index in [4.69, 9.17) is 22.6 Å². The smallest absolute Gasteiger partial charge is 0.298 e. The standard InChI is InChI=1S/C6H9ClN3OP/c7-5-1-3-6(4-2-5)10-12(8,9)11/h1-4H,(H5,8,9,10,11). The van der Waals surface area contributed by atoms with Gasteiger partial charge in [-0.05, 0) is 24.3 Å². The summed E-state index contributed by atoms with van der Waals surface area (Å²) < 4.78 is 10.9. The van der Waals surface area contributed by atoms with Gasteiger partial charge >= 0.3 is 0 Å². The molecule has 1 rings (SSSR count). The molecule has 0 aliphatic heterocycles. The van der Waals surface area contributed by atoms with Gasteiger partial charge < -0.3 is 5.09 Å². The summed E-state index contributed by atoms with van der Waals surface area (Å²) in [7, 11) is -3.20. The minimum Gasteiger partial charge on any atom is -0.313 e. The molecule has 0 bridgehead atoms. The van der Waals surface area contributed by atoms with Crippen LogP contribution in [0.2, 0.25) is 5.02 Å². The predicted octanol–water partition coefficient (Wildman–Crippen LogP) is 1.78. The molecule has 0 saturated heterocycles. The molecule has 0 unspecified atom stereocenters. The van der Waals surface area contributed by atoms with Gasteiger partial charge in [0.1, 0.15) is 0 Å². The van der Waals surface area contributed by atoms with Crippen LogP contribution in [-0.4, -0.2) is 0 Å². The van der Waals surface area contributed by atoms with Gasteiger partial charge in [-0.2, -0.15) is 0 Å². The van der Waals surface area contributed by atoms with E-state index in [1.54, 1.807) is 24.3 Å². The summed E-state index contributed by atoms with van der Waals surface area (Å²) in [6, 6.07) is 6.60. The summed E-state index contributed by atoms with van der Waals surface area (Å²) in [5.41, 5.74) is 10.8. The minimum absolute atomic E-state index is 0.590. The molecule has 5 N–H and O–H groups in total. The number of halogens is 1. The average Bonchev–Trinajstić information content (AvgIpc) is 1.91. The third-order valence-electron chi connectivity index (χ3n) is 1.15. The fourth-order valence-electron chi connectivity index (χ4n) is 0.726. The molecule has 66 valence electrons. The Bertz CT molecular complexity index is 307. The van der Waals surface area contributed by atoms with Crippen molar-refractivity contribution < 1.29 is 4.57 Å². The van der Waals surface area contributed by atoms with E-state index < -0.39 is 7.59 Å². The van der Waals surface area contributed by atoms with Gasteiger partial charge in [0.15, 0.2) is 0 Å². The Morgan fingerprint density at radius 2 is 1.75 bits per heavy atom. The number of hydrogen-bond acceptors (Lipinski definition) is 1. The molecule has 4 nitrogen and oxygen atoms in total. The Morgan fingerprint density at radius 1 is 1.25 bits per heavy atom. The first kappa shape index (κ1) is 9.55. The first-order valence-corrected chi connectivity index (χ1v) is 5.41. The van der Waals surface area contributed by atoms with Crippen LogP contribution in [0.5, 0.6) is 0 Å². The third kappa shape index (κ3) is 3.24. The van der Waals surface area contributed by atoms with Crippen LogP contribution in [0.3, 0.4) is 0 Å². The third-order valence-corrected chi connectivity index (χ3v) is 2.01. The molecule has 0 radical (unpaired) electrons. The zero-order valence-electron chi connectivity index (χ0n) is 6.20. The fraction of sp³-hybridized carbons (Fsp3) is 0. The van der Waals surface area contributed by atoms with Crippen molar-refractivity contribution in [2.75, 3.05) is 5.09 Å². The van der Waals surface area contributed by atoms with E-state index in [1.807, 2.05) is 0 Å². The van der Waals surface area contributed by atoms with Crippen LogP contribution < -0.4 is 16.1 Å². The van der Waals surface area contributed by atoms with Crippen molar-refractivity contribution in [1.82, 2.24) is 0 Å². The number of anilines is 1. The van der Waals surface area contributed by atoms with E-state index in [-0.39, 0.29) is 0 Å². The molecule has 0 aromatic heterocycles. The van der Waals surface area contributed by atoms with E-state index in [0.29, 0.717) is 10.7 Å². The summed E-state index contributed by atoms with van der Waals surface area (Å²) in [5, 5.41) is 3.06. The van der Waals surface area contributed by atoms with Crippen molar-refractivity contribution in [3.05, 3.63) is 29.3 Å². The van der Waals surface area contributed by atoms with Gasteiger partial charge in [-0.1, -0.05) is 11.6 Å². The summed E-state index contributed by atoms with van der Waals surface area (Å²) in [6.45, 7) is 0. The van der Waals surface area contributed by atoms with Crippen LogP contribution in [0.1, 0.15) is 0 Å². The van der Waals surface area contributed by atoms with Gasteiger partial charge in [0.2, 0.25) is 0 Å². The Labute approximate surface area is 75.4 Å². The average molecular weight is 206 g/mol. The second-order valence-corrected chi connectivity index (χ2v) is 4.41. The first-order chi connectivity index (χ1) is 5.47. The second kappa shape index (κ2) is 3.46. The molecule has 0 atom stereocenters. The zero-order valence-corrected chi connectivity index (χ0v) is 7.85.